The molecular formula is C15H24ClN3O5S. The Morgan fingerprint density at radius 1 is 1.32 bits per heavy atom. The molecule has 1 heterocycles. The Labute approximate surface area is 154 Å². The van der Waals surface area contributed by atoms with Crippen LogP contribution in [0.1, 0.15) is 17.3 Å². The first-order valence-electron chi connectivity index (χ1n) is 7.51. The van der Waals surface area contributed by atoms with E-state index in [0.717, 1.165) is 6.26 Å². The predicted molar refractivity (Wildman–Crippen MR) is 98.6 cm³/mol. The molecule has 1 aliphatic heterocycles. The maximum absolute atomic E-state index is 12.8. The third kappa shape index (κ3) is 5.38. The second-order valence-corrected chi connectivity index (χ2v) is 7.49. The molecule has 0 saturated carbocycles. The number of hydrogen-bond donors (Lipinski definition) is 2. The van der Waals surface area contributed by atoms with Crippen molar-refractivity contribution in [1.82, 2.24) is 10.2 Å². The van der Waals surface area contributed by atoms with E-state index in [-0.39, 0.29) is 41.5 Å². The van der Waals surface area contributed by atoms with Crippen molar-refractivity contribution in [2.24, 2.45) is 0 Å². The number of hydrogen-bond acceptors (Lipinski definition) is 6. The number of nitrogens with zero attached hydrogens (tertiary/aromatic N) is 1. The summed E-state index contributed by atoms with van der Waals surface area (Å²) in [7, 11) is -0.690. The fourth-order valence-electron chi connectivity index (χ4n) is 2.66. The normalized spacial score (nSPS) is 17.4. The Morgan fingerprint density at radius 2 is 2.00 bits per heavy atom. The summed E-state index contributed by atoms with van der Waals surface area (Å²) < 4.78 is 36.0. The van der Waals surface area contributed by atoms with Crippen LogP contribution in [0.5, 0.6) is 11.5 Å². The third-order valence-corrected chi connectivity index (χ3v) is 4.27. The van der Waals surface area contributed by atoms with Crippen LogP contribution in [0.2, 0.25) is 0 Å². The summed E-state index contributed by atoms with van der Waals surface area (Å²) in [5, 5.41) is 3.27. The van der Waals surface area contributed by atoms with Crippen LogP contribution in [0.3, 0.4) is 0 Å². The number of benzene rings is 1. The van der Waals surface area contributed by atoms with Gasteiger partial charge in [-0.2, -0.15) is 0 Å². The van der Waals surface area contributed by atoms with Crippen molar-refractivity contribution in [2.45, 2.75) is 13.0 Å². The van der Waals surface area contributed by atoms with Crippen molar-refractivity contribution in [3.05, 3.63) is 17.7 Å². The quantitative estimate of drug-likeness (QED) is 0.772. The first-order chi connectivity index (χ1) is 11.2. The number of halogens is 1. The molecule has 1 aromatic rings. The minimum absolute atomic E-state index is 0. The van der Waals surface area contributed by atoms with E-state index in [2.05, 4.69) is 10.0 Å². The molecule has 0 aromatic heterocycles. The Bertz CT molecular complexity index is 726. The Kier molecular flexibility index (Phi) is 7.33. The van der Waals surface area contributed by atoms with Crippen LogP contribution in [0.4, 0.5) is 5.69 Å². The maximum atomic E-state index is 12.8. The number of amides is 1. The van der Waals surface area contributed by atoms with Gasteiger partial charge in [0.05, 0.1) is 26.2 Å². The Balaban J connectivity index is 0.00000312. The highest BCUT2D eigenvalue weighted by Crippen LogP contribution is 2.37. The lowest BCUT2D eigenvalue weighted by atomic mass is 10.1. The first-order valence-corrected chi connectivity index (χ1v) is 9.40. The van der Waals surface area contributed by atoms with Crippen molar-refractivity contribution < 1.29 is 22.7 Å². The third-order valence-electron chi connectivity index (χ3n) is 3.68. The van der Waals surface area contributed by atoms with Crippen molar-refractivity contribution in [3.63, 3.8) is 0 Å². The molecule has 1 saturated heterocycles. The monoisotopic (exact) mass is 393 g/mol. The van der Waals surface area contributed by atoms with E-state index in [1.165, 1.54) is 20.3 Å². The number of carbonyl (C=O) groups excluding carboxylic acids is 1. The maximum Gasteiger partial charge on any atom is 0.254 e. The number of ether oxygens (including phenoxy) is 2. The minimum atomic E-state index is -3.53. The topological polar surface area (TPSA) is 97.0 Å². The number of anilines is 1. The molecule has 142 valence electrons. The molecule has 0 bridgehead atoms. The SMILES string of the molecule is COc1cc(C(=O)N2CCNC(C)C2)cc(NS(C)(=O)=O)c1OC.Cl. The second-order valence-electron chi connectivity index (χ2n) is 5.74. The molecule has 0 radical (unpaired) electrons. The summed E-state index contributed by atoms with van der Waals surface area (Å²) in [5.41, 5.74) is 0.513. The van der Waals surface area contributed by atoms with E-state index < -0.39 is 10.0 Å². The van der Waals surface area contributed by atoms with Crippen LogP contribution in [0, 0.1) is 0 Å². The summed E-state index contributed by atoms with van der Waals surface area (Å²) >= 11 is 0. The van der Waals surface area contributed by atoms with Gasteiger partial charge < -0.3 is 19.7 Å². The van der Waals surface area contributed by atoms with Gasteiger partial charge in [-0.05, 0) is 19.1 Å². The number of rotatable bonds is 5. The minimum Gasteiger partial charge on any atom is -0.493 e. The van der Waals surface area contributed by atoms with Crippen LogP contribution in [0.15, 0.2) is 12.1 Å². The van der Waals surface area contributed by atoms with Gasteiger partial charge in [-0.1, -0.05) is 0 Å². The van der Waals surface area contributed by atoms with Gasteiger partial charge in [0.2, 0.25) is 10.0 Å². The smallest absolute Gasteiger partial charge is 0.254 e. The van der Waals surface area contributed by atoms with Crippen molar-refractivity contribution >= 4 is 34.0 Å². The zero-order valence-electron chi connectivity index (χ0n) is 14.7. The zero-order valence-corrected chi connectivity index (χ0v) is 16.3. The molecule has 10 heteroatoms. The van der Waals surface area contributed by atoms with Gasteiger partial charge in [-0.15, -0.1) is 12.4 Å². The van der Waals surface area contributed by atoms with E-state index in [9.17, 15) is 13.2 Å². The molecule has 0 aliphatic carbocycles. The molecular weight excluding hydrogens is 370 g/mol. The van der Waals surface area contributed by atoms with Crippen molar-refractivity contribution in [1.29, 1.82) is 0 Å². The second kappa shape index (κ2) is 8.59. The van der Waals surface area contributed by atoms with Crippen LogP contribution in [-0.2, 0) is 10.0 Å². The lowest BCUT2D eigenvalue weighted by Gasteiger charge is -2.32. The molecule has 1 fully saturated rings. The van der Waals surface area contributed by atoms with Gasteiger partial charge in [-0.3, -0.25) is 9.52 Å². The molecule has 1 aromatic carbocycles. The highest BCUT2D eigenvalue weighted by molar-refractivity contribution is 7.92. The number of sulfonamides is 1. The molecule has 25 heavy (non-hydrogen) atoms. The summed E-state index contributed by atoms with van der Waals surface area (Å²) in [6.45, 7) is 3.90. The standard InChI is InChI=1S/C15H23N3O5S.ClH/c1-10-9-18(6-5-16-10)15(19)11-7-12(17-24(4,20)21)14(23-3)13(8-11)22-2;/h7-8,10,16-17H,5-6,9H2,1-4H3;1H. The van der Waals surface area contributed by atoms with Gasteiger partial charge in [0.25, 0.3) is 5.91 Å². The van der Waals surface area contributed by atoms with Crippen molar-refractivity contribution in [3.8, 4) is 11.5 Å². The highest BCUT2D eigenvalue weighted by atomic mass is 35.5. The Morgan fingerprint density at radius 3 is 2.52 bits per heavy atom. The van der Waals surface area contributed by atoms with Gasteiger partial charge in [0, 0.05) is 31.2 Å². The summed E-state index contributed by atoms with van der Waals surface area (Å²) in [4.78, 5) is 14.5. The van der Waals surface area contributed by atoms with Gasteiger partial charge in [0.15, 0.2) is 11.5 Å². The van der Waals surface area contributed by atoms with E-state index in [4.69, 9.17) is 9.47 Å². The summed E-state index contributed by atoms with van der Waals surface area (Å²) in [6.07, 6.45) is 1.03. The lowest BCUT2D eigenvalue weighted by molar-refractivity contribution is 0.0708. The van der Waals surface area contributed by atoms with Gasteiger partial charge in [-0.25, -0.2) is 8.42 Å². The Hall–Kier alpha value is -1.71. The average molecular weight is 394 g/mol. The van der Waals surface area contributed by atoms with Crippen molar-refractivity contribution in [2.75, 3.05) is 44.8 Å². The number of carbonyl (C=O) groups is 1. The predicted octanol–water partition coefficient (Wildman–Crippen LogP) is 0.931. The molecule has 0 spiro atoms. The number of nitrogens with one attached hydrogen (secondary N) is 2. The van der Waals surface area contributed by atoms with Gasteiger partial charge in [0.1, 0.15) is 0 Å². The summed E-state index contributed by atoms with van der Waals surface area (Å²) in [5.74, 6) is 0.340. The van der Waals surface area contributed by atoms with E-state index in [1.807, 2.05) is 6.92 Å². The zero-order chi connectivity index (χ0) is 17.9. The molecule has 1 amide bonds. The molecule has 2 N–H and O–H groups in total. The van der Waals surface area contributed by atoms with Crippen LogP contribution in [0.25, 0.3) is 0 Å². The van der Waals surface area contributed by atoms with E-state index in [0.29, 0.717) is 25.2 Å². The summed E-state index contributed by atoms with van der Waals surface area (Å²) in [6, 6.07) is 3.23. The largest absolute Gasteiger partial charge is 0.493 e. The molecule has 2 rings (SSSR count). The molecule has 8 nitrogen and oxygen atoms in total. The average Bonchev–Trinajstić information content (AvgIpc) is 2.51. The molecule has 1 aliphatic rings. The molecule has 1 unspecified atom stereocenters. The van der Waals surface area contributed by atoms with Crippen LogP contribution < -0.4 is 19.5 Å². The van der Waals surface area contributed by atoms with E-state index in [1.54, 1.807) is 11.0 Å². The van der Waals surface area contributed by atoms with Gasteiger partial charge >= 0.3 is 0 Å². The van der Waals surface area contributed by atoms with Crippen LogP contribution >= 0.6 is 12.4 Å². The molecule has 1 atom stereocenters. The first kappa shape index (κ1) is 21.3. The van der Waals surface area contributed by atoms with Crippen LogP contribution in [-0.4, -0.2) is 65.4 Å². The fourth-order valence-corrected chi connectivity index (χ4v) is 3.21. The fraction of sp³-hybridized carbons (Fsp3) is 0.533. The number of methoxy groups -OCH3 is 2. The highest BCUT2D eigenvalue weighted by Gasteiger charge is 2.24. The lowest BCUT2D eigenvalue weighted by Crippen LogP contribution is -2.51. The number of piperazine rings is 1. The van der Waals surface area contributed by atoms with E-state index >= 15 is 0 Å².